The molecule has 0 aromatic heterocycles. The van der Waals surface area contributed by atoms with Crippen LogP contribution in [0.3, 0.4) is 0 Å². The lowest BCUT2D eigenvalue weighted by Gasteiger charge is -2.04. The first kappa shape index (κ1) is 18.0. The highest BCUT2D eigenvalue weighted by atomic mass is 16.5. The van der Waals surface area contributed by atoms with Gasteiger partial charge in [0.05, 0.1) is 6.61 Å². The largest absolute Gasteiger partial charge is 0.377 e. The van der Waals surface area contributed by atoms with Crippen LogP contribution in [0.5, 0.6) is 0 Å². The second-order valence-corrected chi connectivity index (χ2v) is 6.08. The minimum absolute atomic E-state index is 0.755. The quantitative estimate of drug-likeness (QED) is 0.324. The molecule has 1 aromatic rings. The molecule has 0 aliphatic heterocycles. The first-order chi connectivity index (χ1) is 10.3. The van der Waals surface area contributed by atoms with E-state index in [0.29, 0.717) is 0 Å². The summed E-state index contributed by atoms with van der Waals surface area (Å²) in [7, 11) is 0. The lowest BCUT2D eigenvalue weighted by atomic mass is 10.1. The van der Waals surface area contributed by atoms with Crippen LogP contribution in [0.1, 0.15) is 70.8 Å². The normalized spacial score (nSPS) is 10.6. The van der Waals surface area contributed by atoms with Gasteiger partial charge in [-0.1, -0.05) is 74.1 Å². The third-order valence-corrected chi connectivity index (χ3v) is 3.66. The summed E-state index contributed by atoms with van der Waals surface area (Å²) in [6.07, 6.45) is 13.0. The zero-order chi connectivity index (χ0) is 15.2. The van der Waals surface area contributed by atoms with Crippen LogP contribution in [-0.4, -0.2) is 6.61 Å². The van der Waals surface area contributed by atoms with Crippen molar-refractivity contribution in [3.05, 3.63) is 47.5 Å². The molecule has 0 bridgehead atoms. The van der Waals surface area contributed by atoms with E-state index in [1.54, 1.807) is 0 Å². The van der Waals surface area contributed by atoms with Crippen LogP contribution in [0.4, 0.5) is 0 Å². The Kier molecular flexibility index (Phi) is 10.8. The molecule has 0 fully saturated rings. The SMILES string of the molecule is CC(C)=CCCCCCCCCCOCc1ccccc1. The van der Waals surface area contributed by atoms with Gasteiger partial charge in [0.15, 0.2) is 0 Å². The molecular weight excluding hydrogens is 256 g/mol. The maximum absolute atomic E-state index is 5.70. The molecule has 0 aliphatic carbocycles. The van der Waals surface area contributed by atoms with E-state index in [2.05, 4.69) is 44.2 Å². The first-order valence-electron chi connectivity index (χ1n) is 8.54. The van der Waals surface area contributed by atoms with E-state index >= 15 is 0 Å². The molecule has 0 amide bonds. The van der Waals surface area contributed by atoms with Gasteiger partial charge in [-0.05, 0) is 38.7 Å². The number of unbranched alkanes of at least 4 members (excludes halogenated alkanes) is 7. The summed E-state index contributed by atoms with van der Waals surface area (Å²) >= 11 is 0. The van der Waals surface area contributed by atoms with Crippen molar-refractivity contribution in [2.45, 2.75) is 71.8 Å². The highest BCUT2D eigenvalue weighted by molar-refractivity contribution is 5.13. The van der Waals surface area contributed by atoms with Gasteiger partial charge >= 0.3 is 0 Å². The molecule has 0 radical (unpaired) electrons. The van der Waals surface area contributed by atoms with Crippen molar-refractivity contribution < 1.29 is 4.74 Å². The van der Waals surface area contributed by atoms with Gasteiger partial charge in [0.1, 0.15) is 0 Å². The zero-order valence-electron chi connectivity index (χ0n) is 13.9. The van der Waals surface area contributed by atoms with Crippen molar-refractivity contribution in [3.63, 3.8) is 0 Å². The van der Waals surface area contributed by atoms with Crippen molar-refractivity contribution in [1.82, 2.24) is 0 Å². The van der Waals surface area contributed by atoms with Crippen molar-refractivity contribution >= 4 is 0 Å². The Balaban J connectivity index is 1.80. The number of hydrogen-bond donors (Lipinski definition) is 0. The van der Waals surface area contributed by atoms with Gasteiger partial charge < -0.3 is 4.74 Å². The Morgan fingerprint density at radius 3 is 2.14 bits per heavy atom. The second-order valence-electron chi connectivity index (χ2n) is 6.08. The Bertz CT molecular complexity index is 363. The maximum Gasteiger partial charge on any atom is 0.0716 e. The number of benzene rings is 1. The van der Waals surface area contributed by atoms with E-state index in [1.165, 1.54) is 62.5 Å². The molecule has 0 saturated carbocycles. The summed E-state index contributed by atoms with van der Waals surface area (Å²) in [5.41, 5.74) is 2.72. The molecule has 1 rings (SSSR count). The molecule has 0 unspecified atom stereocenters. The second kappa shape index (κ2) is 12.6. The third kappa shape index (κ3) is 11.3. The summed E-state index contributed by atoms with van der Waals surface area (Å²) in [5.74, 6) is 0. The van der Waals surface area contributed by atoms with E-state index in [9.17, 15) is 0 Å². The summed E-state index contributed by atoms with van der Waals surface area (Å²) < 4.78 is 5.70. The van der Waals surface area contributed by atoms with Crippen molar-refractivity contribution in [3.8, 4) is 0 Å². The van der Waals surface area contributed by atoms with Gasteiger partial charge in [-0.3, -0.25) is 0 Å². The predicted molar refractivity (Wildman–Crippen MR) is 92.5 cm³/mol. The average Bonchev–Trinajstić information content (AvgIpc) is 2.49. The molecule has 1 heteroatoms. The minimum atomic E-state index is 0.755. The number of allylic oxidation sites excluding steroid dienone is 2. The van der Waals surface area contributed by atoms with Gasteiger partial charge in [0.25, 0.3) is 0 Å². The fourth-order valence-corrected chi connectivity index (χ4v) is 2.39. The van der Waals surface area contributed by atoms with Crippen molar-refractivity contribution in [2.75, 3.05) is 6.61 Å². The van der Waals surface area contributed by atoms with E-state index in [4.69, 9.17) is 4.74 Å². The zero-order valence-corrected chi connectivity index (χ0v) is 13.9. The topological polar surface area (TPSA) is 9.23 Å². The van der Waals surface area contributed by atoms with E-state index in [1.807, 2.05) is 6.07 Å². The Morgan fingerprint density at radius 2 is 1.48 bits per heavy atom. The first-order valence-corrected chi connectivity index (χ1v) is 8.54. The molecule has 0 saturated heterocycles. The highest BCUT2D eigenvalue weighted by Crippen LogP contribution is 2.10. The van der Waals surface area contributed by atoms with Gasteiger partial charge in [0, 0.05) is 6.61 Å². The highest BCUT2D eigenvalue weighted by Gasteiger charge is 1.94. The van der Waals surface area contributed by atoms with Crippen LogP contribution in [-0.2, 0) is 11.3 Å². The van der Waals surface area contributed by atoms with E-state index < -0.39 is 0 Å². The van der Waals surface area contributed by atoms with Crippen LogP contribution in [0.15, 0.2) is 42.0 Å². The summed E-state index contributed by atoms with van der Waals surface area (Å²) in [5, 5.41) is 0. The molecule has 0 aliphatic rings. The number of rotatable bonds is 12. The van der Waals surface area contributed by atoms with Crippen LogP contribution >= 0.6 is 0 Å². The molecule has 0 atom stereocenters. The van der Waals surface area contributed by atoms with Gasteiger partial charge in [-0.25, -0.2) is 0 Å². The van der Waals surface area contributed by atoms with E-state index in [-0.39, 0.29) is 0 Å². The minimum Gasteiger partial charge on any atom is -0.377 e. The standard InChI is InChI=1S/C20H32O/c1-19(2)14-10-7-5-3-4-6-8-13-17-21-18-20-15-11-9-12-16-20/h9,11-12,14-16H,3-8,10,13,17-18H2,1-2H3. The summed E-state index contributed by atoms with van der Waals surface area (Å²) in [4.78, 5) is 0. The van der Waals surface area contributed by atoms with Crippen LogP contribution in [0.25, 0.3) is 0 Å². The summed E-state index contributed by atoms with van der Waals surface area (Å²) in [6.45, 7) is 6.01. The molecule has 118 valence electrons. The molecular formula is C20H32O. The van der Waals surface area contributed by atoms with E-state index in [0.717, 1.165) is 13.2 Å². The fraction of sp³-hybridized carbons (Fsp3) is 0.600. The van der Waals surface area contributed by atoms with Crippen molar-refractivity contribution in [2.24, 2.45) is 0 Å². The Labute approximate surface area is 131 Å². The lowest BCUT2D eigenvalue weighted by Crippen LogP contribution is -1.95. The number of ether oxygens (including phenoxy) is 1. The number of hydrogen-bond acceptors (Lipinski definition) is 1. The predicted octanol–water partition coefficient (Wildman–Crippen LogP) is 6.29. The molecule has 1 aromatic carbocycles. The molecule has 21 heavy (non-hydrogen) atoms. The lowest BCUT2D eigenvalue weighted by molar-refractivity contribution is 0.116. The van der Waals surface area contributed by atoms with Gasteiger partial charge in [-0.15, -0.1) is 0 Å². The summed E-state index contributed by atoms with van der Waals surface area (Å²) in [6, 6.07) is 10.4. The Hall–Kier alpha value is -1.08. The third-order valence-electron chi connectivity index (χ3n) is 3.66. The Morgan fingerprint density at radius 1 is 0.857 bits per heavy atom. The van der Waals surface area contributed by atoms with Crippen LogP contribution < -0.4 is 0 Å². The molecule has 0 N–H and O–H groups in total. The maximum atomic E-state index is 5.70. The monoisotopic (exact) mass is 288 g/mol. The molecule has 0 heterocycles. The fourth-order valence-electron chi connectivity index (χ4n) is 2.39. The average molecular weight is 288 g/mol. The van der Waals surface area contributed by atoms with Gasteiger partial charge in [-0.2, -0.15) is 0 Å². The van der Waals surface area contributed by atoms with Crippen molar-refractivity contribution in [1.29, 1.82) is 0 Å². The van der Waals surface area contributed by atoms with Gasteiger partial charge in [0.2, 0.25) is 0 Å². The van der Waals surface area contributed by atoms with Crippen LogP contribution in [0.2, 0.25) is 0 Å². The smallest absolute Gasteiger partial charge is 0.0716 e. The molecule has 0 spiro atoms. The molecule has 1 nitrogen and oxygen atoms in total. The van der Waals surface area contributed by atoms with Crippen LogP contribution in [0, 0.1) is 0 Å².